The molecule has 134 valence electrons. The van der Waals surface area contributed by atoms with Crippen molar-refractivity contribution in [2.45, 2.75) is 45.3 Å². The first kappa shape index (κ1) is 19.8. The van der Waals surface area contributed by atoms with Gasteiger partial charge in [0.25, 0.3) is 6.47 Å². The van der Waals surface area contributed by atoms with E-state index in [4.69, 9.17) is 4.74 Å². The topological polar surface area (TPSA) is 90.7 Å². The Morgan fingerprint density at radius 2 is 2.12 bits per heavy atom. The van der Waals surface area contributed by atoms with Gasteiger partial charge in [-0.1, -0.05) is 0 Å². The Labute approximate surface area is 140 Å². The molecule has 0 amide bonds. The predicted octanol–water partition coefficient (Wildman–Crippen LogP) is 2.82. The number of hydrogen-bond donors (Lipinski definition) is 1. The lowest BCUT2D eigenvalue weighted by atomic mass is 10.1. The summed E-state index contributed by atoms with van der Waals surface area (Å²) in [5.41, 5.74) is -0.515. The van der Waals surface area contributed by atoms with Crippen LogP contribution in [0.2, 0.25) is 0 Å². The van der Waals surface area contributed by atoms with Crippen LogP contribution in [0.1, 0.15) is 33.6 Å². The molecule has 1 aromatic rings. The molecule has 8 heteroatoms. The predicted molar refractivity (Wildman–Crippen MR) is 86.5 cm³/mol. The molecule has 1 heterocycles. The fraction of sp³-hybridized carbons (Fsp3) is 0.562. The van der Waals surface area contributed by atoms with Gasteiger partial charge in [-0.3, -0.25) is 14.9 Å². The van der Waals surface area contributed by atoms with Gasteiger partial charge in [-0.15, -0.1) is 0 Å². The number of rotatable bonds is 4. The normalized spacial score (nSPS) is 17.2. The van der Waals surface area contributed by atoms with E-state index >= 15 is 0 Å². The Kier molecular flexibility index (Phi) is 7.57. The molecule has 1 atom stereocenters. The van der Waals surface area contributed by atoms with E-state index in [0.717, 1.165) is 37.6 Å². The molecule has 2 rings (SSSR count). The summed E-state index contributed by atoms with van der Waals surface area (Å²) in [6.07, 6.45) is 1.64. The van der Waals surface area contributed by atoms with Crippen molar-refractivity contribution in [3.63, 3.8) is 0 Å². The molecule has 7 nitrogen and oxygen atoms in total. The molecule has 0 aliphatic carbocycles. The number of carbonyl (C=O) groups is 1. The summed E-state index contributed by atoms with van der Waals surface area (Å²) in [6, 6.07) is 3.25. The highest BCUT2D eigenvalue weighted by Crippen LogP contribution is 2.29. The molecule has 1 aliphatic heterocycles. The summed E-state index contributed by atoms with van der Waals surface area (Å²) >= 11 is 0. The van der Waals surface area contributed by atoms with Crippen molar-refractivity contribution in [1.29, 1.82) is 0 Å². The smallest absolute Gasteiger partial charge is 0.311 e. The van der Waals surface area contributed by atoms with Gasteiger partial charge in [0.15, 0.2) is 5.75 Å². The Balaban J connectivity index is 0.000000351. The van der Waals surface area contributed by atoms with Crippen molar-refractivity contribution in [3.05, 3.63) is 34.1 Å². The first-order chi connectivity index (χ1) is 11.2. The molecule has 1 aliphatic rings. The minimum absolute atomic E-state index is 0.00343. The summed E-state index contributed by atoms with van der Waals surface area (Å²) in [4.78, 5) is 19.8. The second-order valence-electron chi connectivity index (χ2n) is 6.28. The van der Waals surface area contributed by atoms with Crippen LogP contribution in [0.3, 0.4) is 0 Å². The molecule has 1 aromatic carbocycles. The van der Waals surface area contributed by atoms with Crippen LogP contribution in [-0.2, 0) is 9.53 Å². The van der Waals surface area contributed by atoms with Gasteiger partial charge in [-0.2, -0.15) is 0 Å². The second-order valence-corrected chi connectivity index (χ2v) is 6.28. The fourth-order valence-corrected chi connectivity index (χ4v) is 1.98. The van der Waals surface area contributed by atoms with E-state index in [-0.39, 0.29) is 23.1 Å². The monoisotopic (exact) mass is 342 g/mol. The summed E-state index contributed by atoms with van der Waals surface area (Å²) < 4.78 is 23.1. The van der Waals surface area contributed by atoms with Crippen LogP contribution in [0, 0.1) is 15.9 Å². The molecule has 24 heavy (non-hydrogen) atoms. The average molecular weight is 342 g/mol. The highest BCUT2D eigenvalue weighted by atomic mass is 19.1. The molecule has 0 saturated carbocycles. The first-order valence-corrected chi connectivity index (χ1v) is 7.65. The molecule has 0 unspecified atom stereocenters. The number of benzene rings is 1. The van der Waals surface area contributed by atoms with Gasteiger partial charge in [-0.05, 0) is 46.2 Å². The number of hydrogen-bond acceptors (Lipinski definition) is 6. The SMILES string of the molecule is CC(C)(C)OC=O.O=[N+]([O-])c1ccc(F)cc1O[C@H]1CCCNC1. The highest BCUT2D eigenvalue weighted by Gasteiger charge is 2.21. The zero-order valence-electron chi connectivity index (χ0n) is 14.1. The zero-order chi connectivity index (χ0) is 18.2. The van der Waals surface area contributed by atoms with Gasteiger partial charge in [0, 0.05) is 18.7 Å². The Bertz CT molecular complexity index is 554. The average Bonchev–Trinajstić information content (AvgIpc) is 2.47. The molecule has 0 radical (unpaired) electrons. The summed E-state index contributed by atoms with van der Waals surface area (Å²) in [7, 11) is 0. The maximum absolute atomic E-state index is 13.0. The maximum atomic E-state index is 13.0. The lowest BCUT2D eigenvalue weighted by Gasteiger charge is -2.23. The molecular weight excluding hydrogens is 319 g/mol. The lowest BCUT2D eigenvalue weighted by molar-refractivity contribution is -0.386. The molecule has 0 bridgehead atoms. The summed E-state index contributed by atoms with van der Waals surface area (Å²) in [5.74, 6) is -0.530. The van der Waals surface area contributed by atoms with Crippen molar-refractivity contribution in [1.82, 2.24) is 5.32 Å². The first-order valence-electron chi connectivity index (χ1n) is 7.65. The molecular formula is C16H23FN2O5. The van der Waals surface area contributed by atoms with E-state index in [1.165, 1.54) is 0 Å². The van der Waals surface area contributed by atoms with Crippen molar-refractivity contribution < 1.29 is 23.6 Å². The van der Waals surface area contributed by atoms with Gasteiger partial charge in [0.05, 0.1) is 4.92 Å². The van der Waals surface area contributed by atoms with Crippen molar-refractivity contribution in [2.24, 2.45) is 0 Å². The van der Waals surface area contributed by atoms with Crippen molar-refractivity contribution in [3.8, 4) is 5.75 Å². The van der Waals surface area contributed by atoms with Gasteiger partial charge >= 0.3 is 5.69 Å². The van der Waals surface area contributed by atoms with Gasteiger partial charge in [-0.25, -0.2) is 4.39 Å². The van der Waals surface area contributed by atoms with E-state index in [2.05, 4.69) is 10.1 Å². The molecule has 1 N–H and O–H groups in total. The highest BCUT2D eigenvalue weighted by molar-refractivity contribution is 5.46. The number of ether oxygens (including phenoxy) is 2. The Hall–Kier alpha value is -2.22. The Morgan fingerprint density at radius 3 is 2.58 bits per heavy atom. The van der Waals surface area contributed by atoms with Crippen molar-refractivity contribution >= 4 is 12.2 Å². The largest absolute Gasteiger partial charge is 0.482 e. The van der Waals surface area contributed by atoms with Crippen LogP contribution in [0.5, 0.6) is 5.75 Å². The van der Waals surface area contributed by atoms with Crippen molar-refractivity contribution in [2.75, 3.05) is 13.1 Å². The van der Waals surface area contributed by atoms with Crippen LogP contribution in [0.25, 0.3) is 0 Å². The van der Waals surface area contributed by atoms with Crippen LogP contribution in [-0.4, -0.2) is 36.2 Å². The van der Waals surface area contributed by atoms with Crippen LogP contribution in [0.4, 0.5) is 10.1 Å². The third kappa shape index (κ3) is 7.36. The van der Waals surface area contributed by atoms with Gasteiger partial charge in [0.1, 0.15) is 17.5 Å². The van der Waals surface area contributed by atoms with E-state index in [9.17, 15) is 19.3 Å². The number of nitrogens with zero attached hydrogens (tertiary/aromatic N) is 1. The number of nitro benzene ring substituents is 1. The number of nitrogens with one attached hydrogen (secondary N) is 1. The third-order valence-electron chi connectivity index (χ3n) is 3.07. The lowest BCUT2D eigenvalue weighted by Crippen LogP contribution is -2.37. The Morgan fingerprint density at radius 1 is 1.42 bits per heavy atom. The van der Waals surface area contributed by atoms with Crippen LogP contribution < -0.4 is 10.1 Å². The number of halogens is 1. The standard InChI is InChI=1S/C11H13FN2O3.C5H10O2/c12-8-3-4-10(14(15)16)11(6-8)17-9-2-1-5-13-7-9;1-5(2,3)7-4-6/h3-4,6,9,13H,1-2,5,7H2;4H,1-3H3/t9-;/m0./s1. The van der Waals surface area contributed by atoms with Gasteiger partial charge < -0.3 is 14.8 Å². The van der Waals surface area contributed by atoms with E-state index < -0.39 is 10.7 Å². The van der Waals surface area contributed by atoms with Crippen LogP contribution in [0.15, 0.2) is 18.2 Å². The minimum atomic E-state index is -0.564. The molecule has 0 spiro atoms. The maximum Gasteiger partial charge on any atom is 0.311 e. The molecule has 1 fully saturated rings. The third-order valence-corrected chi connectivity index (χ3v) is 3.07. The fourth-order valence-electron chi connectivity index (χ4n) is 1.98. The number of piperidine rings is 1. The quantitative estimate of drug-likeness (QED) is 0.514. The van der Waals surface area contributed by atoms with E-state index in [0.29, 0.717) is 13.0 Å². The minimum Gasteiger partial charge on any atom is -0.482 e. The second kappa shape index (κ2) is 9.17. The zero-order valence-corrected chi connectivity index (χ0v) is 14.1. The molecule has 0 aromatic heterocycles. The number of nitro groups is 1. The van der Waals surface area contributed by atoms with Crippen LogP contribution >= 0.6 is 0 Å². The summed E-state index contributed by atoms with van der Waals surface area (Å²) in [6.45, 7) is 7.48. The number of carbonyl (C=O) groups excluding carboxylic acids is 1. The summed E-state index contributed by atoms with van der Waals surface area (Å²) in [5, 5.41) is 13.9. The van der Waals surface area contributed by atoms with E-state index in [1.807, 2.05) is 20.8 Å². The van der Waals surface area contributed by atoms with Gasteiger partial charge in [0.2, 0.25) is 0 Å². The molecule has 1 saturated heterocycles. The van der Waals surface area contributed by atoms with E-state index in [1.54, 1.807) is 0 Å².